The van der Waals surface area contributed by atoms with Gasteiger partial charge in [0.15, 0.2) is 9.84 Å². The Morgan fingerprint density at radius 3 is 2.84 bits per heavy atom. The van der Waals surface area contributed by atoms with Crippen molar-refractivity contribution in [3.05, 3.63) is 23.9 Å². The molecule has 0 spiro atoms. The summed E-state index contributed by atoms with van der Waals surface area (Å²) in [7, 11) is -3.43. The summed E-state index contributed by atoms with van der Waals surface area (Å²) in [5.41, 5.74) is 5.90. The Kier molecular flexibility index (Phi) is 5.03. The molecule has 0 fully saturated rings. The van der Waals surface area contributed by atoms with E-state index in [-0.39, 0.29) is 12.4 Å². The summed E-state index contributed by atoms with van der Waals surface area (Å²) in [4.78, 5) is 15.6. The second-order valence-corrected chi connectivity index (χ2v) is 6.26. The van der Waals surface area contributed by atoms with E-state index in [1.165, 1.54) is 13.1 Å². The second-order valence-electron chi connectivity index (χ2n) is 3.90. The van der Waals surface area contributed by atoms with Gasteiger partial charge in [0.05, 0.1) is 6.54 Å². The minimum atomic E-state index is -3.43. The van der Waals surface area contributed by atoms with Gasteiger partial charge in [-0.05, 0) is 19.1 Å². The molecule has 0 saturated carbocycles. The normalized spacial score (nSPS) is 12.2. The maximum atomic E-state index is 11.7. The summed E-state index contributed by atoms with van der Waals surface area (Å²) in [5, 5.41) is 1.31. The molecule has 102 valence electrons. The molecule has 0 bridgehead atoms. The zero-order valence-electron chi connectivity index (χ0n) is 10.7. The number of aromatic nitrogens is 1. The first-order valence-electron chi connectivity index (χ1n) is 5.49. The Morgan fingerprint density at radius 1 is 1.58 bits per heavy atom. The van der Waals surface area contributed by atoms with Crippen molar-refractivity contribution < 1.29 is 13.2 Å². The lowest BCUT2D eigenvalue weighted by atomic mass is 10.2. The number of carbonyl (C=O) groups excluding carboxylic acids is 1. The van der Waals surface area contributed by atoms with E-state index in [0.29, 0.717) is 5.56 Å². The Morgan fingerprint density at radius 2 is 2.26 bits per heavy atom. The number of hydrogen-bond donors (Lipinski definition) is 2. The van der Waals surface area contributed by atoms with Crippen LogP contribution in [0.5, 0.6) is 0 Å². The van der Waals surface area contributed by atoms with Crippen molar-refractivity contribution in [2.75, 3.05) is 18.1 Å². The number of sulfone groups is 1. The van der Waals surface area contributed by atoms with Crippen LogP contribution in [0.3, 0.4) is 0 Å². The molecule has 0 aromatic carbocycles. The van der Waals surface area contributed by atoms with E-state index in [9.17, 15) is 13.2 Å². The molecule has 1 amide bonds. The number of carbonyl (C=O) groups is 1. The second kappa shape index (κ2) is 6.31. The highest BCUT2D eigenvalue weighted by Gasteiger charge is 2.23. The van der Waals surface area contributed by atoms with Gasteiger partial charge in [0.25, 0.3) is 0 Å². The fraction of sp³-hybridized carbons (Fsp3) is 0.333. The van der Waals surface area contributed by atoms with E-state index >= 15 is 0 Å². The molecule has 1 heterocycles. The molecule has 1 rings (SSSR count). The first kappa shape index (κ1) is 15.1. The number of anilines is 1. The predicted molar refractivity (Wildman–Crippen MR) is 73.1 cm³/mol. The van der Waals surface area contributed by atoms with Gasteiger partial charge in [-0.25, -0.2) is 13.4 Å². The summed E-state index contributed by atoms with van der Waals surface area (Å²) < 4.78 is 22.5. The fourth-order valence-corrected chi connectivity index (χ4v) is 1.60. The maximum Gasteiger partial charge on any atom is 0.243 e. The lowest BCUT2D eigenvalue weighted by Gasteiger charge is -2.09. The smallest absolute Gasteiger partial charge is 0.243 e. The first-order valence-corrected chi connectivity index (χ1v) is 7.44. The number of rotatable bonds is 3. The average molecular weight is 281 g/mol. The standard InChI is InChI=1S/C12H15N3O3S/c1-9(19(2,17)18)12(16)15-11-8-10(4-3-6-13)5-7-14-11/h5,7-9H,6,13H2,1-2H3,(H,14,15,16). The quantitative estimate of drug-likeness (QED) is 0.745. The van der Waals surface area contributed by atoms with E-state index in [0.717, 1.165) is 6.26 Å². The van der Waals surface area contributed by atoms with Crippen molar-refractivity contribution in [2.45, 2.75) is 12.2 Å². The van der Waals surface area contributed by atoms with Gasteiger partial charge in [0, 0.05) is 18.0 Å². The zero-order chi connectivity index (χ0) is 14.5. The van der Waals surface area contributed by atoms with Crippen molar-refractivity contribution in [3.63, 3.8) is 0 Å². The molecule has 7 heteroatoms. The van der Waals surface area contributed by atoms with E-state index in [1.54, 1.807) is 12.1 Å². The van der Waals surface area contributed by atoms with Crippen LogP contribution in [-0.2, 0) is 14.6 Å². The van der Waals surface area contributed by atoms with Crippen LogP contribution in [0, 0.1) is 11.8 Å². The van der Waals surface area contributed by atoms with Gasteiger partial charge in [-0.2, -0.15) is 0 Å². The third-order valence-electron chi connectivity index (χ3n) is 2.36. The van der Waals surface area contributed by atoms with Gasteiger partial charge in [-0.15, -0.1) is 0 Å². The molecule has 1 aromatic heterocycles. The Hall–Kier alpha value is -1.91. The monoisotopic (exact) mass is 281 g/mol. The summed E-state index contributed by atoms with van der Waals surface area (Å²) >= 11 is 0. The average Bonchev–Trinajstić information content (AvgIpc) is 2.34. The molecule has 3 N–H and O–H groups in total. The molecule has 19 heavy (non-hydrogen) atoms. The fourth-order valence-electron chi connectivity index (χ4n) is 1.15. The molecular weight excluding hydrogens is 266 g/mol. The molecule has 0 aliphatic carbocycles. The first-order chi connectivity index (χ1) is 8.84. The van der Waals surface area contributed by atoms with Gasteiger partial charge < -0.3 is 11.1 Å². The molecular formula is C12H15N3O3S. The van der Waals surface area contributed by atoms with Gasteiger partial charge >= 0.3 is 0 Å². The molecule has 0 saturated heterocycles. The summed E-state index contributed by atoms with van der Waals surface area (Å²) in [6, 6.07) is 3.22. The van der Waals surface area contributed by atoms with Crippen LogP contribution in [0.2, 0.25) is 0 Å². The Balaban J connectivity index is 2.86. The van der Waals surface area contributed by atoms with Crippen LogP contribution >= 0.6 is 0 Å². The highest BCUT2D eigenvalue weighted by Crippen LogP contribution is 2.08. The number of nitrogens with zero attached hydrogens (tertiary/aromatic N) is 1. The van der Waals surface area contributed by atoms with Crippen LogP contribution in [-0.4, -0.2) is 37.4 Å². The van der Waals surface area contributed by atoms with Gasteiger partial charge in [0.2, 0.25) is 5.91 Å². The number of amides is 1. The lowest BCUT2D eigenvalue weighted by molar-refractivity contribution is -0.115. The van der Waals surface area contributed by atoms with Gasteiger partial charge in [0.1, 0.15) is 11.1 Å². The SMILES string of the molecule is CC(C(=O)Nc1cc(C#CCN)ccn1)S(C)(=O)=O. The van der Waals surface area contributed by atoms with E-state index < -0.39 is 21.0 Å². The topological polar surface area (TPSA) is 102 Å². The summed E-state index contributed by atoms with van der Waals surface area (Å²) in [5.74, 6) is 5.09. The van der Waals surface area contributed by atoms with Crippen molar-refractivity contribution in [3.8, 4) is 11.8 Å². The van der Waals surface area contributed by atoms with Crippen LogP contribution in [0.25, 0.3) is 0 Å². The Labute approximate surface area is 112 Å². The predicted octanol–water partition coefficient (Wildman–Crippen LogP) is -0.237. The van der Waals surface area contributed by atoms with Crippen LogP contribution in [0.15, 0.2) is 18.3 Å². The number of nitrogens with two attached hydrogens (primary N) is 1. The van der Waals surface area contributed by atoms with Crippen LogP contribution in [0.4, 0.5) is 5.82 Å². The van der Waals surface area contributed by atoms with E-state index in [4.69, 9.17) is 5.73 Å². The van der Waals surface area contributed by atoms with Gasteiger partial charge in [-0.1, -0.05) is 11.8 Å². The highest BCUT2D eigenvalue weighted by atomic mass is 32.2. The number of hydrogen-bond acceptors (Lipinski definition) is 5. The molecule has 0 aliphatic rings. The van der Waals surface area contributed by atoms with Crippen molar-refractivity contribution in [1.29, 1.82) is 0 Å². The third kappa shape index (κ3) is 4.69. The zero-order valence-corrected chi connectivity index (χ0v) is 11.5. The largest absolute Gasteiger partial charge is 0.320 e. The summed E-state index contributed by atoms with van der Waals surface area (Å²) in [6.07, 6.45) is 2.48. The van der Waals surface area contributed by atoms with Crippen molar-refractivity contribution >= 4 is 21.6 Å². The van der Waals surface area contributed by atoms with E-state index in [1.807, 2.05) is 0 Å². The minimum absolute atomic E-state index is 0.231. The number of pyridine rings is 1. The highest BCUT2D eigenvalue weighted by molar-refractivity contribution is 7.92. The molecule has 6 nitrogen and oxygen atoms in total. The maximum absolute atomic E-state index is 11.7. The summed E-state index contributed by atoms with van der Waals surface area (Å²) in [6.45, 7) is 1.55. The molecule has 0 aliphatic heterocycles. The Bertz CT molecular complexity index is 629. The van der Waals surface area contributed by atoms with E-state index in [2.05, 4.69) is 22.1 Å². The minimum Gasteiger partial charge on any atom is -0.320 e. The molecule has 1 aromatic rings. The molecule has 1 unspecified atom stereocenters. The van der Waals surface area contributed by atoms with Gasteiger partial charge in [-0.3, -0.25) is 4.79 Å². The van der Waals surface area contributed by atoms with Crippen LogP contribution in [0.1, 0.15) is 12.5 Å². The van der Waals surface area contributed by atoms with Crippen molar-refractivity contribution in [1.82, 2.24) is 4.98 Å². The van der Waals surface area contributed by atoms with Crippen LogP contribution < -0.4 is 11.1 Å². The lowest BCUT2D eigenvalue weighted by Crippen LogP contribution is -2.32. The molecule has 1 atom stereocenters. The van der Waals surface area contributed by atoms with Crippen molar-refractivity contribution in [2.24, 2.45) is 5.73 Å². The molecule has 0 radical (unpaired) electrons. The third-order valence-corrected chi connectivity index (χ3v) is 3.86. The number of nitrogens with one attached hydrogen (secondary N) is 1.